The maximum absolute atomic E-state index is 17.5. The molecule has 8 nitrogen and oxygen atoms in total. The summed E-state index contributed by atoms with van der Waals surface area (Å²) in [4.78, 5) is 32.3. The first kappa shape index (κ1) is 28.8. The first-order valence-corrected chi connectivity index (χ1v) is 15.8. The number of alkyl halides is 2. The van der Waals surface area contributed by atoms with Gasteiger partial charge in [-0.05, 0) is 67.5 Å². The predicted octanol–water partition coefficient (Wildman–Crippen LogP) is 2.68. The molecule has 1 aliphatic heterocycles. The van der Waals surface area contributed by atoms with Gasteiger partial charge in [0.1, 0.15) is 12.8 Å². The van der Waals surface area contributed by atoms with Crippen molar-refractivity contribution in [2.75, 3.05) is 19.4 Å². The third kappa shape index (κ3) is 3.71. The maximum Gasteiger partial charge on any atom is 0.192 e. The lowest BCUT2D eigenvalue weighted by molar-refractivity contribution is -0.269. The van der Waals surface area contributed by atoms with E-state index in [0.717, 1.165) is 17.9 Å². The largest absolute Gasteiger partial charge is 0.390 e. The first-order valence-electron chi connectivity index (χ1n) is 14.0. The monoisotopic (exact) mass is 591 g/mol. The van der Waals surface area contributed by atoms with E-state index in [1.807, 2.05) is 0 Å². The lowest BCUT2D eigenvalue weighted by Gasteiger charge is -2.63. The number of carbonyl (C=O) groups is 2. The van der Waals surface area contributed by atoms with Crippen LogP contribution < -0.4 is 0 Å². The summed E-state index contributed by atoms with van der Waals surface area (Å²) in [5.41, 5.74) is -5.68. The molecule has 4 fully saturated rings. The SMILES string of the molecule is C[C@]12C=CC(=O)C=C1[C@@H](F)C[C@H]1[C@@H]3C[C@H]4CN(Cc5ccc(S(C)(=O)=O)cc5)O[C@@]4(C(=O)CO)[C@@]3(C)C[C@H](O)[C@@]12F. The standard InChI is InChI=1S/C30H35F2NO7S/c1-27-9-8-19(35)11-23(27)24(31)12-22-21-10-18-15-33(14-17-4-6-20(7-5-17)41(3,38)39)40-30(18,26(37)16-34)28(21,2)13-25(36)29(22,27)32/h4-9,11,18,21-22,24-25,34,36H,10,12-16H2,1-3H3/t18-,21-,22-,24-,25-,27-,28-,29-,30-/m0/s1. The number of benzene rings is 1. The lowest BCUT2D eigenvalue weighted by Crippen LogP contribution is -2.70. The van der Waals surface area contributed by atoms with Crippen LogP contribution in [-0.4, -0.2) is 78.2 Å². The van der Waals surface area contributed by atoms with Crippen LogP contribution in [0.1, 0.15) is 38.7 Å². The van der Waals surface area contributed by atoms with E-state index in [1.54, 1.807) is 24.1 Å². The zero-order chi connectivity index (χ0) is 29.8. The van der Waals surface area contributed by atoms with Gasteiger partial charge in [-0.3, -0.25) is 14.4 Å². The van der Waals surface area contributed by atoms with Crippen LogP contribution in [0.25, 0.3) is 0 Å². The van der Waals surface area contributed by atoms with Crippen LogP contribution in [0, 0.1) is 28.6 Å². The van der Waals surface area contributed by atoms with Crippen molar-refractivity contribution in [3.8, 4) is 0 Å². The molecule has 9 atom stereocenters. The second-order valence-electron chi connectivity index (χ2n) is 12.9. The topological polar surface area (TPSA) is 121 Å². The lowest BCUT2D eigenvalue weighted by atomic mass is 9.44. The van der Waals surface area contributed by atoms with Gasteiger partial charge < -0.3 is 10.2 Å². The molecule has 0 bridgehead atoms. The van der Waals surface area contributed by atoms with E-state index in [4.69, 9.17) is 4.84 Å². The Morgan fingerprint density at radius 3 is 2.49 bits per heavy atom. The molecule has 3 saturated carbocycles. The molecule has 2 N–H and O–H groups in total. The van der Waals surface area contributed by atoms with Crippen molar-refractivity contribution in [2.45, 2.75) is 68.1 Å². The zero-order valence-corrected chi connectivity index (χ0v) is 24.0. The number of hydrogen-bond acceptors (Lipinski definition) is 8. The molecule has 1 heterocycles. The van der Waals surface area contributed by atoms with Gasteiger partial charge in [0, 0.05) is 42.0 Å². The minimum Gasteiger partial charge on any atom is -0.390 e. The molecule has 4 aliphatic carbocycles. The van der Waals surface area contributed by atoms with Crippen molar-refractivity contribution >= 4 is 21.4 Å². The van der Waals surface area contributed by atoms with Gasteiger partial charge in [0.2, 0.25) is 0 Å². The number of aliphatic hydroxyl groups is 2. The third-order valence-electron chi connectivity index (χ3n) is 10.9. The number of ketones is 2. The van der Waals surface area contributed by atoms with Crippen molar-refractivity contribution in [1.29, 1.82) is 0 Å². The number of aliphatic hydroxyl groups excluding tert-OH is 2. The summed E-state index contributed by atoms with van der Waals surface area (Å²) in [5.74, 6) is -2.92. The summed E-state index contributed by atoms with van der Waals surface area (Å²) in [6.07, 6.45) is 1.65. The molecule has 11 heteroatoms. The highest BCUT2D eigenvalue weighted by Gasteiger charge is 2.79. The van der Waals surface area contributed by atoms with Crippen molar-refractivity contribution in [3.05, 3.63) is 53.6 Å². The molecule has 5 aliphatic rings. The minimum absolute atomic E-state index is 0.0371. The Hall–Kier alpha value is -2.31. The molecule has 1 aromatic rings. The number of sulfone groups is 1. The molecule has 0 spiro atoms. The van der Waals surface area contributed by atoms with Crippen LogP contribution in [0.4, 0.5) is 8.78 Å². The van der Waals surface area contributed by atoms with Crippen molar-refractivity contribution in [2.24, 2.45) is 28.6 Å². The summed E-state index contributed by atoms with van der Waals surface area (Å²) >= 11 is 0. The molecule has 0 unspecified atom stereocenters. The van der Waals surface area contributed by atoms with Gasteiger partial charge in [0.05, 0.1) is 11.0 Å². The highest BCUT2D eigenvalue weighted by atomic mass is 32.2. The van der Waals surface area contributed by atoms with Gasteiger partial charge in [-0.25, -0.2) is 17.2 Å². The van der Waals surface area contributed by atoms with Crippen molar-refractivity contribution in [1.82, 2.24) is 5.06 Å². The van der Waals surface area contributed by atoms with Gasteiger partial charge in [0.25, 0.3) is 0 Å². The fraction of sp³-hybridized carbons (Fsp3) is 0.600. The summed E-state index contributed by atoms with van der Waals surface area (Å²) in [6.45, 7) is 3.02. The number of nitrogens with zero attached hydrogens (tertiary/aromatic N) is 1. The van der Waals surface area contributed by atoms with Crippen LogP contribution in [0.2, 0.25) is 0 Å². The second kappa shape index (κ2) is 9.09. The Morgan fingerprint density at radius 2 is 1.85 bits per heavy atom. The Balaban J connectivity index is 1.35. The number of hydroxylamine groups is 2. The number of hydrogen-bond donors (Lipinski definition) is 2. The number of fused-ring (bicyclic) bond motifs is 7. The molecular weight excluding hydrogens is 556 g/mol. The van der Waals surface area contributed by atoms with Crippen LogP contribution in [0.15, 0.2) is 53.0 Å². The Bertz CT molecular complexity index is 1480. The fourth-order valence-corrected chi connectivity index (χ4v) is 9.71. The summed E-state index contributed by atoms with van der Waals surface area (Å²) in [5, 5.41) is 23.3. The normalized spacial score (nSPS) is 43.6. The molecule has 41 heavy (non-hydrogen) atoms. The van der Waals surface area contributed by atoms with E-state index in [9.17, 15) is 28.2 Å². The Labute approximate surface area is 237 Å². The number of halogens is 2. The quantitative estimate of drug-likeness (QED) is 0.537. The van der Waals surface area contributed by atoms with E-state index in [0.29, 0.717) is 6.42 Å². The van der Waals surface area contributed by atoms with Crippen LogP contribution in [-0.2, 0) is 30.8 Å². The molecule has 222 valence electrons. The minimum atomic E-state index is -3.37. The number of allylic oxidation sites excluding steroid dienone is 4. The maximum atomic E-state index is 17.5. The summed E-state index contributed by atoms with van der Waals surface area (Å²) in [6, 6.07) is 6.33. The smallest absolute Gasteiger partial charge is 0.192 e. The molecule has 1 aromatic carbocycles. The van der Waals surface area contributed by atoms with Gasteiger partial charge in [-0.1, -0.05) is 25.1 Å². The van der Waals surface area contributed by atoms with Gasteiger partial charge in [-0.15, -0.1) is 0 Å². The highest BCUT2D eigenvalue weighted by molar-refractivity contribution is 7.90. The molecular formula is C30H35F2NO7S. The van der Waals surface area contributed by atoms with Gasteiger partial charge in [-0.2, -0.15) is 5.06 Å². The van der Waals surface area contributed by atoms with E-state index >= 15 is 8.78 Å². The van der Waals surface area contributed by atoms with Gasteiger partial charge >= 0.3 is 0 Å². The van der Waals surface area contributed by atoms with E-state index in [2.05, 4.69) is 0 Å². The number of rotatable bonds is 5. The molecule has 0 radical (unpaired) electrons. The van der Waals surface area contributed by atoms with E-state index in [1.165, 1.54) is 31.2 Å². The second-order valence-corrected chi connectivity index (χ2v) is 15.0. The van der Waals surface area contributed by atoms with Crippen LogP contribution in [0.3, 0.4) is 0 Å². The van der Waals surface area contributed by atoms with E-state index in [-0.39, 0.29) is 36.4 Å². The molecule has 6 rings (SSSR count). The molecule has 1 saturated heterocycles. The number of carbonyl (C=O) groups excluding carboxylic acids is 2. The highest BCUT2D eigenvalue weighted by Crippen LogP contribution is 2.72. The van der Waals surface area contributed by atoms with Crippen LogP contribution >= 0.6 is 0 Å². The Kier molecular flexibility index (Phi) is 6.39. The first-order chi connectivity index (χ1) is 19.1. The summed E-state index contributed by atoms with van der Waals surface area (Å²) in [7, 11) is -3.37. The average molecular weight is 592 g/mol. The average Bonchev–Trinajstić information content (AvgIpc) is 3.38. The van der Waals surface area contributed by atoms with Crippen molar-refractivity contribution < 1.29 is 41.8 Å². The van der Waals surface area contributed by atoms with Gasteiger partial charge in [0.15, 0.2) is 32.7 Å². The molecule has 0 amide bonds. The predicted molar refractivity (Wildman–Crippen MR) is 143 cm³/mol. The number of Topliss-reactive ketones (excluding diaryl/α,β-unsaturated/α-hetero) is 1. The van der Waals surface area contributed by atoms with Crippen molar-refractivity contribution in [3.63, 3.8) is 0 Å². The van der Waals surface area contributed by atoms with E-state index < -0.39 is 80.1 Å². The third-order valence-corrected chi connectivity index (χ3v) is 12.1. The summed E-state index contributed by atoms with van der Waals surface area (Å²) < 4.78 is 56.8. The molecule has 0 aromatic heterocycles. The zero-order valence-electron chi connectivity index (χ0n) is 23.2. The fourth-order valence-electron chi connectivity index (χ4n) is 9.08. The van der Waals surface area contributed by atoms with Crippen LogP contribution in [0.5, 0.6) is 0 Å². The Morgan fingerprint density at radius 1 is 1.17 bits per heavy atom.